The number of carbonyl (C=O) groups excluding carboxylic acids is 2. The molecule has 1 atom stereocenters. The van der Waals surface area contributed by atoms with E-state index in [0.29, 0.717) is 19.7 Å². The van der Waals surface area contributed by atoms with E-state index in [1.807, 2.05) is 0 Å². The summed E-state index contributed by atoms with van der Waals surface area (Å²) < 4.78 is 4.88. The number of aliphatic carboxylic acids is 1. The Morgan fingerprint density at radius 3 is 2.78 bits per heavy atom. The minimum atomic E-state index is -1.06. The minimum Gasteiger partial charge on any atom is -0.480 e. The van der Waals surface area contributed by atoms with Gasteiger partial charge in [-0.15, -0.1) is 0 Å². The highest BCUT2D eigenvalue weighted by molar-refractivity contribution is 5.90. The molecule has 1 aliphatic rings. The fourth-order valence-corrected chi connectivity index (χ4v) is 1.95. The summed E-state index contributed by atoms with van der Waals surface area (Å²) in [4.78, 5) is 36.7. The van der Waals surface area contributed by atoms with Crippen LogP contribution in [0.5, 0.6) is 0 Å². The van der Waals surface area contributed by atoms with Crippen LogP contribution in [0.4, 0.5) is 0 Å². The summed E-state index contributed by atoms with van der Waals surface area (Å²) in [5.41, 5.74) is 0. The molecule has 18 heavy (non-hydrogen) atoms. The molecule has 1 unspecified atom stereocenters. The Morgan fingerprint density at radius 2 is 2.22 bits per heavy atom. The molecule has 0 aromatic heterocycles. The summed E-state index contributed by atoms with van der Waals surface area (Å²) >= 11 is 0. The van der Waals surface area contributed by atoms with E-state index in [0.717, 1.165) is 4.90 Å². The first-order valence-corrected chi connectivity index (χ1v) is 5.69. The molecule has 7 nitrogen and oxygen atoms in total. The van der Waals surface area contributed by atoms with Gasteiger partial charge in [0.25, 0.3) is 0 Å². The summed E-state index contributed by atoms with van der Waals surface area (Å²) in [6, 6.07) is 0. The van der Waals surface area contributed by atoms with Gasteiger partial charge >= 0.3 is 5.97 Å². The lowest BCUT2D eigenvalue weighted by Crippen LogP contribution is -2.38. The van der Waals surface area contributed by atoms with Gasteiger partial charge in [0, 0.05) is 33.7 Å². The molecule has 0 radical (unpaired) electrons. The predicted octanol–water partition coefficient (Wildman–Crippen LogP) is -0.976. The predicted molar refractivity (Wildman–Crippen MR) is 61.8 cm³/mol. The number of likely N-dealkylation sites (tertiary alicyclic amines) is 1. The van der Waals surface area contributed by atoms with E-state index < -0.39 is 11.9 Å². The molecule has 0 bridgehead atoms. The third-order valence-electron chi connectivity index (χ3n) is 2.88. The zero-order valence-corrected chi connectivity index (χ0v) is 10.6. The molecule has 0 saturated carbocycles. The van der Waals surface area contributed by atoms with Crippen molar-refractivity contribution >= 4 is 17.8 Å². The molecular weight excluding hydrogens is 240 g/mol. The average Bonchev–Trinajstić information content (AvgIpc) is 2.66. The number of carbonyl (C=O) groups is 3. The van der Waals surface area contributed by atoms with E-state index >= 15 is 0 Å². The maximum Gasteiger partial charge on any atom is 0.323 e. The third kappa shape index (κ3) is 3.69. The van der Waals surface area contributed by atoms with Gasteiger partial charge in [-0.1, -0.05) is 0 Å². The highest BCUT2D eigenvalue weighted by Crippen LogP contribution is 2.19. The molecule has 0 aliphatic carbocycles. The lowest BCUT2D eigenvalue weighted by molar-refractivity contribution is -0.145. The Hall–Kier alpha value is -1.63. The number of likely N-dealkylation sites (N-methyl/N-ethyl adjacent to an activating group) is 1. The van der Waals surface area contributed by atoms with Crippen molar-refractivity contribution < 1.29 is 24.2 Å². The number of amides is 2. The second kappa shape index (κ2) is 6.34. The molecule has 102 valence electrons. The molecule has 1 N–H and O–H groups in total. The van der Waals surface area contributed by atoms with Gasteiger partial charge in [0.05, 0.1) is 12.5 Å². The molecule has 1 heterocycles. The van der Waals surface area contributed by atoms with Crippen LogP contribution < -0.4 is 0 Å². The number of carboxylic acid groups (broad SMARTS) is 1. The highest BCUT2D eigenvalue weighted by atomic mass is 16.5. The molecule has 7 heteroatoms. The number of rotatable bonds is 6. The van der Waals surface area contributed by atoms with Crippen molar-refractivity contribution in [3.8, 4) is 0 Å². The quantitative estimate of drug-likeness (QED) is 0.662. The molecule has 0 aromatic carbocycles. The lowest BCUT2D eigenvalue weighted by atomic mass is 10.1. The molecule has 1 aliphatic heterocycles. The van der Waals surface area contributed by atoms with Crippen LogP contribution in [0.15, 0.2) is 0 Å². The van der Waals surface area contributed by atoms with Crippen LogP contribution in [-0.4, -0.2) is 73.1 Å². The molecule has 1 fully saturated rings. The molecule has 2 amide bonds. The van der Waals surface area contributed by atoms with Crippen LogP contribution in [0.1, 0.15) is 6.42 Å². The Kier molecular flexibility index (Phi) is 5.08. The maximum absolute atomic E-state index is 11.9. The summed E-state index contributed by atoms with van der Waals surface area (Å²) in [7, 11) is 2.97. The molecule has 1 saturated heterocycles. The summed E-state index contributed by atoms with van der Waals surface area (Å²) in [6.45, 7) is 0.881. The first-order chi connectivity index (χ1) is 8.45. The normalized spacial score (nSPS) is 19.1. The van der Waals surface area contributed by atoms with Crippen molar-refractivity contribution in [1.82, 2.24) is 9.80 Å². The SMILES string of the molecule is COCCN1CC(C(=O)N(C)CC(=O)O)CC1=O. The molecule has 0 aromatic rings. The topological polar surface area (TPSA) is 87.2 Å². The fourth-order valence-electron chi connectivity index (χ4n) is 1.95. The van der Waals surface area contributed by atoms with Crippen molar-refractivity contribution in [1.29, 1.82) is 0 Å². The fraction of sp³-hybridized carbons (Fsp3) is 0.727. The number of nitrogens with zero attached hydrogens (tertiary/aromatic N) is 2. The summed E-state index contributed by atoms with van der Waals surface area (Å²) in [5, 5.41) is 8.61. The minimum absolute atomic E-state index is 0.0888. The zero-order chi connectivity index (χ0) is 13.7. The van der Waals surface area contributed by atoms with Gasteiger partial charge in [-0.3, -0.25) is 14.4 Å². The Morgan fingerprint density at radius 1 is 1.56 bits per heavy atom. The van der Waals surface area contributed by atoms with E-state index in [-0.39, 0.29) is 24.8 Å². The van der Waals surface area contributed by atoms with E-state index in [4.69, 9.17) is 9.84 Å². The maximum atomic E-state index is 11.9. The number of hydrogen-bond donors (Lipinski definition) is 1. The second-order valence-electron chi connectivity index (χ2n) is 4.32. The first kappa shape index (κ1) is 14.4. The molecule has 1 rings (SSSR count). The second-order valence-corrected chi connectivity index (χ2v) is 4.32. The van der Waals surface area contributed by atoms with Gasteiger partial charge < -0.3 is 19.6 Å². The van der Waals surface area contributed by atoms with Crippen molar-refractivity contribution in [2.24, 2.45) is 5.92 Å². The standard InChI is InChI=1S/C11H18N2O5/c1-12(7-10(15)16)11(17)8-5-9(14)13(6-8)3-4-18-2/h8H,3-7H2,1-2H3,(H,15,16). The van der Waals surface area contributed by atoms with Crippen molar-refractivity contribution in [3.05, 3.63) is 0 Å². The number of methoxy groups -OCH3 is 1. The summed E-state index contributed by atoms with van der Waals surface area (Å²) in [6.07, 6.45) is 0.145. The van der Waals surface area contributed by atoms with Gasteiger partial charge in [0.2, 0.25) is 11.8 Å². The van der Waals surface area contributed by atoms with Crippen molar-refractivity contribution in [3.63, 3.8) is 0 Å². The van der Waals surface area contributed by atoms with E-state index in [2.05, 4.69) is 0 Å². The average molecular weight is 258 g/mol. The monoisotopic (exact) mass is 258 g/mol. The largest absolute Gasteiger partial charge is 0.480 e. The van der Waals surface area contributed by atoms with Crippen molar-refractivity contribution in [2.75, 3.05) is 40.4 Å². The van der Waals surface area contributed by atoms with Crippen LogP contribution in [-0.2, 0) is 19.1 Å². The van der Waals surface area contributed by atoms with E-state index in [1.165, 1.54) is 7.05 Å². The molecular formula is C11H18N2O5. The Balaban J connectivity index is 2.51. The number of ether oxygens (including phenoxy) is 1. The Labute approximate surface area is 105 Å². The van der Waals surface area contributed by atoms with Crippen molar-refractivity contribution in [2.45, 2.75) is 6.42 Å². The number of hydrogen-bond acceptors (Lipinski definition) is 4. The van der Waals surface area contributed by atoms with Gasteiger partial charge in [-0.2, -0.15) is 0 Å². The van der Waals surface area contributed by atoms with Crippen LogP contribution in [0.2, 0.25) is 0 Å². The van der Waals surface area contributed by atoms with Crippen LogP contribution in [0.25, 0.3) is 0 Å². The van der Waals surface area contributed by atoms with Gasteiger partial charge in [-0.25, -0.2) is 0 Å². The first-order valence-electron chi connectivity index (χ1n) is 5.69. The lowest BCUT2D eigenvalue weighted by Gasteiger charge is -2.19. The van der Waals surface area contributed by atoms with E-state index in [9.17, 15) is 14.4 Å². The van der Waals surface area contributed by atoms with Crippen LogP contribution in [0.3, 0.4) is 0 Å². The van der Waals surface area contributed by atoms with Crippen LogP contribution in [0, 0.1) is 5.92 Å². The van der Waals surface area contributed by atoms with Gasteiger partial charge in [0.1, 0.15) is 6.54 Å². The van der Waals surface area contributed by atoms with Gasteiger partial charge in [0.15, 0.2) is 0 Å². The highest BCUT2D eigenvalue weighted by Gasteiger charge is 2.35. The third-order valence-corrected chi connectivity index (χ3v) is 2.88. The Bertz CT molecular complexity index is 344. The summed E-state index contributed by atoms with van der Waals surface area (Å²) in [5.74, 6) is -1.90. The van der Waals surface area contributed by atoms with Crippen LogP contribution >= 0.6 is 0 Å². The zero-order valence-electron chi connectivity index (χ0n) is 10.6. The van der Waals surface area contributed by atoms with Gasteiger partial charge in [-0.05, 0) is 0 Å². The van der Waals surface area contributed by atoms with E-state index in [1.54, 1.807) is 12.0 Å². The molecule has 0 spiro atoms. The number of carboxylic acids is 1. The smallest absolute Gasteiger partial charge is 0.323 e.